The molecule has 0 N–H and O–H groups in total. The lowest BCUT2D eigenvalue weighted by molar-refractivity contribution is 0.101. The predicted molar refractivity (Wildman–Crippen MR) is 64.5 cm³/mol. The van der Waals surface area contributed by atoms with E-state index in [1.54, 1.807) is 13.0 Å². The van der Waals surface area contributed by atoms with Gasteiger partial charge in [0.2, 0.25) is 0 Å². The molecular formula is C12H14ClNO2. The van der Waals surface area contributed by atoms with Gasteiger partial charge in [-0.1, -0.05) is 11.6 Å². The first-order valence-corrected chi connectivity index (χ1v) is 5.69. The molecule has 1 aliphatic rings. The van der Waals surface area contributed by atoms with E-state index in [4.69, 9.17) is 16.3 Å². The Morgan fingerprint density at radius 3 is 2.69 bits per heavy atom. The first kappa shape index (κ1) is 11.4. The van der Waals surface area contributed by atoms with Crippen LogP contribution in [0.3, 0.4) is 0 Å². The van der Waals surface area contributed by atoms with Crippen LogP contribution in [-0.2, 0) is 4.74 Å². The smallest absolute Gasteiger partial charge is 0.161 e. The molecule has 1 saturated heterocycles. The summed E-state index contributed by atoms with van der Waals surface area (Å²) in [6.07, 6.45) is 0. The number of benzene rings is 1. The molecule has 1 aromatic rings. The molecular weight excluding hydrogens is 226 g/mol. The number of ketones is 1. The molecule has 0 spiro atoms. The van der Waals surface area contributed by atoms with E-state index in [0.29, 0.717) is 23.8 Å². The highest BCUT2D eigenvalue weighted by Crippen LogP contribution is 2.25. The highest BCUT2D eigenvalue weighted by molar-refractivity contribution is 6.31. The third-order valence-electron chi connectivity index (χ3n) is 2.69. The van der Waals surface area contributed by atoms with Crippen molar-refractivity contribution in [2.45, 2.75) is 6.92 Å². The molecule has 0 saturated carbocycles. The maximum absolute atomic E-state index is 11.5. The van der Waals surface area contributed by atoms with Gasteiger partial charge in [-0.25, -0.2) is 0 Å². The summed E-state index contributed by atoms with van der Waals surface area (Å²) in [7, 11) is 0. The van der Waals surface area contributed by atoms with Crippen LogP contribution in [-0.4, -0.2) is 32.1 Å². The predicted octanol–water partition coefficient (Wildman–Crippen LogP) is 2.38. The van der Waals surface area contributed by atoms with E-state index in [2.05, 4.69) is 4.90 Å². The van der Waals surface area contributed by atoms with Crippen molar-refractivity contribution in [3.05, 3.63) is 28.8 Å². The molecule has 0 radical (unpaired) electrons. The fourth-order valence-corrected chi connectivity index (χ4v) is 2.04. The summed E-state index contributed by atoms with van der Waals surface area (Å²) in [6, 6.07) is 5.46. The average molecular weight is 240 g/mol. The molecule has 2 rings (SSSR count). The van der Waals surface area contributed by atoms with Crippen LogP contribution in [0.5, 0.6) is 0 Å². The Balaban J connectivity index is 2.34. The maximum atomic E-state index is 11.5. The normalized spacial score (nSPS) is 16.2. The second-order valence-electron chi connectivity index (χ2n) is 3.82. The van der Waals surface area contributed by atoms with E-state index in [9.17, 15) is 4.79 Å². The Bertz CT molecular complexity index is 400. The molecule has 86 valence electrons. The van der Waals surface area contributed by atoms with Gasteiger partial charge in [-0.2, -0.15) is 0 Å². The Hall–Kier alpha value is -1.06. The van der Waals surface area contributed by atoms with Gasteiger partial charge in [0.05, 0.1) is 13.2 Å². The number of anilines is 1. The van der Waals surface area contributed by atoms with E-state index in [-0.39, 0.29) is 5.78 Å². The minimum Gasteiger partial charge on any atom is -0.378 e. The Kier molecular flexibility index (Phi) is 3.46. The monoisotopic (exact) mass is 239 g/mol. The summed E-state index contributed by atoms with van der Waals surface area (Å²) < 4.78 is 5.29. The molecule has 0 unspecified atom stereocenters. The molecule has 0 atom stereocenters. The van der Waals surface area contributed by atoms with Gasteiger partial charge in [-0.05, 0) is 25.1 Å². The van der Waals surface area contributed by atoms with Crippen molar-refractivity contribution in [2.24, 2.45) is 0 Å². The topological polar surface area (TPSA) is 29.5 Å². The lowest BCUT2D eigenvalue weighted by Crippen LogP contribution is -2.37. The van der Waals surface area contributed by atoms with Gasteiger partial charge in [-0.15, -0.1) is 0 Å². The molecule has 1 aromatic carbocycles. The number of halogens is 1. The van der Waals surface area contributed by atoms with Crippen molar-refractivity contribution < 1.29 is 9.53 Å². The van der Waals surface area contributed by atoms with Crippen LogP contribution in [0, 0.1) is 0 Å². The largest absolute Gasteiger partial charge is 0.378 e. The lowest BCUT2D eigenvalue weighted by atomic mass is 10.1. The van der Waals surface area contributed by atoms with Crippen LogP contribution in [0.25, 0.3) is 0 Å². The van der Waals surface area contributed by atoms with E-state index in [0.717, 1.165) is 18.8 Å². The van der Waals surface area contributed by atoms with Gasteiger partial charge >= 0.3 is 0 Å². The van der Waals surface area contributed by atoms with E-state index >= 15 is 0 Å². The van der Waals surface area contributed by atoms with Crippen LogP contribution in [0.4, 0.5) is 5.69 Å². The number of rotatable bonds is 2. The lowest BCUT2D eigenvalue weighted by Gasteiger charge is -2.30. The summed E-state index contributed by atoms with van der Waals surface area (Å²) in [5, 5.41) is 0.599. The minimum atomic E-state index is 0.0454. The number of morpholine rings is 1. The number of carbonyl (C=O) groups is 1. The van der Waals surface area contributed by atoms with Crippen molar-refractivity contribution in [1.29, 1.82) is 0 Å². The van der Waals surface area contributed by atoms with E-state index in [1.165, 1.54) is 0 Å². The highest BCUT2D eigenvalue weighted by Gasteiger charge is 2.16. The summed E-state index contributed by atoms with van der Waals surface area (Å²) >= 11 is 5.90. The summed E-state index contributed by atoms with van der Waals surface area (Å²) in [4.78, 5) is 13.7. The summed E-state index contributed by atoms with van der Waals surface area (Å²) in [5.41, 5.74) is 1.65. The number of hydrogen-bond acceptors (Lipinski definition) is 3. The standard InChI is InChI=1S/C12H14ClNO2/c1-9(15)11-8-10(13)2-3-12(11)14-4-6-16-7-5-14/h2-3,8H,4-7H2,1H3. The second-order valence-corrected chi connectivity index (χ2v) is 4.25. The number of ether oxygens (including phenoxy) is 1. The van der Waals surface area contributed by atoms with Gasteiger partial charge in [0.25, 0.3) is 0 Å². The van der Waals surface area contributed by atoms with Gasteiger partial charge in [0.15, 0.2) is 5.78 Å². The van der Waals surface area contributed by atoms with Crippen molar-refractivity contribution >= 4 is 23.1 Å². The molecule has 3 nitrogen and oxygen atoms in total. The van der Waals surface area contributed by atoms with Gasteiger partial charge in [0, 0.05) is 29.4 Å². The number of nitrogens with zero attached hydrogens (tertiary/aromatic N) is 1. The highest BCUT2D eigenvalue weighted by atomic mass is 35.5. The molecule has 0 amide bonds. The molecule has 16 heavy (non-hydrogen) atoms. The molecule has 1 fully saturated rings. The zero-order valence-electron chi connectivity index (χ0n) is 9.20. The first-order chi connectivity index (χ1) is 7.68. The number of carbonyl (C=O) groups excluding carboxylic acids is 1. The van der Waals surface area contributed by atoms with Crippen LogP contribution in [0.2, 0.25) is 5.02 Å². The van der Waals surface area contributed by atoms with Crippen LogP contribution in [0.15, 0.2) is 18.2 Å². The van der Waals surface area contributed by atoms with Crippen molar-refractivity contribution in [3.8, 4) is 0 Å². The van der Waals surface area contributed by atoms with Crippen LogP contribution < -0.4 is 4.90 Å². The second kappa shape index (κ2) is 4.85. The average Bonchev–Trinajstić information content (AvgIpc) is 2.30. The molecule has 0 bridgehead atoms. The molecule has 1 aliphatic heterocycles. The summed E-state index contributed by atoms with van der Waals surface area (Å²) in [6.45, 7) is 4.62. The Labute approximate surface area is 100.0 Å². The third kappa shape index (κ3) is 2.36. The van der Waals surface area contributed by atoms with Gasteiger partial charge < -0.3 is 9.64 Å². The number of hydrogen-bond donors (Lipinski definition) is 0. The SMILES string of the molecule is CC(=O)c1cc(Cl)ccc1N1CCOCC1. The van der Waals surface area contributed by atoms with Crippen molar-refractivity contribution in [1.82, 2.24) is 0 Å². The zero-order valence-corrected chi connectivity index (χ0v) is 9.96. The number of Topliss-reactive ketones (excluding diaryl/α,β-unsaturated/α-hetero) is 1. The van der Waals surface area contributed by atoms with Crippen LogP contribution in [0.1, 0.15) is 17.3 Å². The molecule has 4 heteroatoms. The summed E-state index contributed by atoms with van der Waals surface area (Å²) in [5.74, 6) is 0.0454. The molecule has 0 aromatic heterocycles. The zero-order chi connectivity index (χ0) is 11.5. The van der Waals surface area contributed by atoms with Crippen molar-refractivity contribution in [2.75, 3.05) is 31.2 Å². The Morgan fingerprint density at radius 2 is 2.06 bits per heavy atom. The van der Waals surface area contributed by atoms with Gasteiger partial charge in [0.1, 0.15) is 0 Å². The van der Waals surface area contributed by atoms with E-state index < -0.39 is 0 Å². The fourth-order valence-electron chi connectivity index (χ4n) is 1.87. The Morgan fingerprint density at radius 1 is 1.38 bits per heavy atom. The minimum absolute atomic E-state index is 0.0454. The van der Waals surface area contributed by atoms with Crippen molar-refractivity contribution in [3.63, 3.8) is 0 Å². The van der Waals surface area contributed by atoms with Crippen LogP contribution >= 0.6 is 11.6 Å². The molecule has 0 aliphatic carbocycles. The third-order valence-corrected chi connectivity index (χ3v) is 2.92. The quantitative estimate of drug-likeness (QED) is 0.743. The molecule has 1 heterocycles. The van der Waals surface area contributed by atoms with Gasteiger partial charge in [-0.3, -0.25) is 4.79 Å². The maximum Gasteiger partial charge on any atom is 0.161 e. The fraction of sp³-hybridized carbons (Fsp3) is 0.417. The van der Waals surface area contributed by atoms with E-state index in [1.807, 2.05) is 12.1 Å². The first-order valence-electron chi connectivity index (χ1n) is 5.31.